The summed E-state index contributed by atoms with van der Waals surface area (Å²) < 4.78 is 50.8. The summed E-state index contributed by atoms with van der Waals surface area (Å²) >= 11 is 0. The summed E-state index contributed by atoms with van der Waals surface area (Å²) in [5, 5.41) is 11.5. The molecule has 2 N–H and O–H groups in total. The van der Waals surface area contributed by atoms with E-state index in [0.717, 1.165) is 67.5 Å². The van der Waals surface area contributed by atoms with Gasteiger partial charge in [-0.05, 0) is 44.2 Å². The second-order valence-corrected chi connectivity index (χ2v) is 11.0. The van der Waals surface area contributed by atoms with Crippen LogP contribution in [0.5, 0.6) is 5.88 Å². The zero-order chi connectivity index (χ0) is 30.0. The molecule has 3 aromatic heterocycles. The monoisotopic (exact) mass is 602 g/mol. The number of rotatable bonds is 9. The maximum absolute atomic E-state index is 13.1. The van der Waals surface area contributed by atoms with Crippen LogP contribution in [0.1, 0.15) is 37.7 Å². The number of anilines is 2. The molecule has 0 radical (unpaired) electrons. The van der Waals surface area contributed by atoms with E-state index in [4.69, 9.17) is 9.47 Å². The molecule has 3 fully saturated rings. The van der Waals surface area contributed by atoms with Crippen LogP contribution in [0, 0.1) is 0 Å². The Morgan fingerprint density at radius 3 is 2.63 bits per heavy atom. The van der Waals surface area contributed by atoms with Gasteiger partial charge in [0.2, 0.25) is 5.88 Å². The quantitative estimate of drug-likeness (QED) is 0.279. The fourth-order valence-corrected chi connectivity index (χ4v) is 5.87. The lowest BCUT2D eigenvalue weighted by Gasteiger charge is -2.34. The number of ether oxygens (including phenoxy) is 2. The smallest absolute Gasteiger partial charge is 0.417 e. The van der Waals surface area contributed by atoms with Gasteiger partial charge in [-0.3, -0.25) is 29.6 Å². The van der Waals surface area contributed by atoms with Gasteiger partial charge < -0.3 is 14.8 Å². The number of morpholine rings is 1. The number of aromatic amines is 1. The first-order valence-electron chi connectivity index (χ1n) is 14.5. The van der Waals surface area contributed by atoms with Gasteiger partial charge in [0, 0.05) is 37.9 Å². The van der Waals surface area contributed by atoms with Gasteiger partial charge in [-0.1, -0.05) is 0 Å². The predicted molar refractivity (Wildman–Crippen MR) is 150 cm³/mol. The highest BCUT2D eigenvalue weighted by molar-refractivity contribution is 6.12. The van der Waals surface area contributed by atoms with E-state index >= 15 is 0 Å². The lowest BCUT2D eigenvalue weighted by Crippen LogP contribution is -2.44. The fraction of sp³-hybridized carbons (Fsp3) is 0.536. The summed E-state index contributed by atoms with van der Waals surface area (Å²) in [6.07, 6.45) is 2.39. The van der Waals surface area contributed by atoms with Gasteiger partial charge >= 0.3 is 12.2 Å². The molecule has 230 valence electrons. The predicted octanol–water partition coefficient (Wildman–Crippen LogP) is 3.66. The minimum Gasteiger partial charge on any atom is -0.476 e. The van der Waals surface area contributed by atoms with Crippen LogP contribution in [-0.2, 0) is 15.7 Å². The van der Waals surface area contributed by atoms with E-state index in [0.29, 0.717) is 50.0 Å². The molecule has 5 heterocycles. The molecule has 43 heavy (non-hydrogen) atoms. The molecule has 2 saturated heterocycles. The van der Waals surface area contributed by atoms with Crippen LogP contribution >= 0.6 is 0 Å². The molecule has 3 aromatic rings. The Balaban J connectivity index is 1.02. The van der Waals surface area contributed by atoms with Crippen LogP contribution in [0.2, 0.25) is 0 Å². The number of pyridine rings is 2. The maximum atomic E-state index is 13.1. The fourth-order valence-electron chi connectivity index (χ4n) is 5.87. The average Bonchev–Trinajstić information content (AvgIpc) is 3.55. The Morgan fingerprint density at radius 1 is 1.07 bits per heavy atom. The van der Waals surface area contributed by atoms with Crippen LogP contribution in [-0.4, -0.2) is 100.0 Å². The van der Waals surface area contributed by atoms with Crippen molar-refractivity contribution in [2.45, 2.75) is 50.4 Å². The van der Waals surface area contributed by atoms with Crippen molar-refractivity contribution in [2.24, 2.45) is 0 Å². The lowest BCUT2D eigenvalue weighted by molar-refractivity contribution is -0.137. The zero-order valence-electron chi connectivity index (χ0n) is 23.5. The van der Waals surface area contributed by atoms with E-state index < -0.39 is 23.7 Å². The van der Waals surface area contributed by atoms with Crippen molar-refractivity contribution in [3.05, 3.63) is 36.3 Å². The molecule has 0 spiro atoms. The van der Waals surface area contributed by atoms with E-state index in [9.17, 15) is 22.8 Å². The summed E-state index contributed by atoms with van der Waals surface area (Å²) in [5.41, 5.74) is 0.422. The number of hydrogen-bond acceptors (Lipinski definition) is 9. The number of nitrogens with one attached hydrogen (secondary N) is 2. The number of aromatic nitrogens is 4. The molecule has 1 aliphatic carbocycles. The number of alkyl halides is 3. The average molecular weight is 603 g/mol. The molecule has 0 bridgehead atoms. The molecule has 15 heteroatoms. The third-order valence-corrected chi connectivity index (χ3v) is 8.14. The number of nitrogens with zero attached hydrogens (tertiary/aromatic N) is 6. The Bertz CT molecular complexity index is 1450. The van der Waals surface area contributed by atoms with Gasteiger partial charge in [0.1, 0.15) is 6.54 Å². The normalized spacial score (nSPS) is 22.0. The molecule has 2 aliphatic heterocycles. The number of amides is 3. The molecule has 0 atom stereocenters. The second kappa shape index (κ2) is 12.3. The molecule has 6 rings (SSSR count). The van der Waals surface area contributed by atoms with Crippen molar-refractivity contribution in [1.29, 1.82) is 0 Å². The van der Waals surface area contributed by atoms with Crippen LogP contribution in [0.3, 0.4) is 0 Å². The van der Waals surface area contributed by atoms with Crippen LogP contribution in [0.4, 0.5) is 29.3 Å². The van der Waals surface area contributed by atoms with Gasteiger partial charge in [0.25, 0.3) is 5.91 Å². The number of carbonyl (C=O) groups is 2. The number of H-pyrrole nitrogens is 1. The van der Waals surface area contributed by atoms with Gasteiger partial charge in [-0.15, -0.1) is 5.10 Å². The Hall–Kier alpha value is -3.98. The maximum Gasteiger partial charge on any atom is 0.417 e. The van der Waals surface area contributed by atoms with Crippen LogP contribution < -0.4 is 15.0 Å². The number of halogens is 3. The zero-order valence-corrected chi connectivity index (χ0v) is 23.5. The standard InChI is InChI=1S/C28H33F3N8O4/c29-28(30,31)18-12-22(16-32-14-18)38-17-24(40)39(27(38)41)21-4-2-19(3-5-21)34-20-13-23-25(33-15-20)35-36-26(23)43-9-1-6-37-7-10-42-11-8-37/h12-16,19,21,34H,1-11,17H2,(H,33,35,36)/t19-,21-. The molecule has 0 unspecified atom stereocenters. The summed E-state index contributed by atoms with van der Waals surface area (Å²) in [4.78, 5) is 38.6. The molecular weight excluding hydrogens is 569 g/mol. The van der Waals surface area contributed by atoms with Crippen molar-refractivity contribution in [3.63, 3.8) is 0 Å². The second-order valence-electron chi connectivity index (χ2n) is 11.0. The number of urea groups is 1. The summed E-state index contributed by atoms with van der Waals surface area (Å²) in [6.45, 7) is 4.57. The number of hydrogen-bond donors (Lipinski definition) is 2. The van der Waals surface area contributed by atoms with Gasteiger partial charge in [-0.2, -0.15) is 13.2 Å². The van der Waals surface area contributed by atoms with E-state index in [-0.39, 0.29) is 24.3 Å². The van der Waals surface area contributed by atoms with Crippen molar-refractivity contribution in [3.8, 4) is 5.88 Å². The third kappa shape index (κ3) is 6.51. The molecule has 1 saturated carbocycles. The van der Waals surface area contributed by atoms with Crippen molar-refractivity contribution in [2.75, 3.05) is 56.2 Å². The highest BCUT2D eigenvalue weighted by Crippen LogP contribution is 2.34. The van der Waals surface area contributed by atoms with Gasteiger partial charge in [-0.25, -0.2) is 9.78 Å². The molecule has 3 aliphatic rings. The molecule has 0 aromatic carbocycles. The van der Waals surface area contributed by atoms with Crippen LogP contribution in [0.15, 0.2) is 30.7 Å². The number of fused-ring (bicyclic) bond motifs is 1. The molecule has 12 nitrogen and oxygen atoms in total. The Kier molecular flexibility index (Phi) is 8.34. The van der Waals surface area contributed by atoms with E-state index in [1.165, 1.54) is 4.90 Å². The summed E-state index contributed by atoms with van der Waals surface area (Å²) in [5.74, 6) is 0.0781. The SMILES string of the molecule is O=C1CN(c2cncc(C(F)(F)F)c2)C(=O)N1[C@H]1CC[C@H](Nc2cnc3[nH]nc(OCCCN4CCOCC4)c3c2)CC1. The Morgan fingerprint density at radius 2 is 1.86 bits per heavy atom. The first kappa shape index (κ1) is 29.1. The van der Waals surface area contributed by atoms with Crippen molar-refractivity contribution in [1.82, 2.24) is 30.0 Å². The highest BCUT2D eigenvalue weighted by Gasteiger charge is 2.43. The van der Waals surface area contributed by atoms with Crippen molar-refractivity contribution >= 4 is 34.3 Å². The van der Waals surface area contributed by atoms with E-state index in [1.807, 2.05) is 6.07 Å². The number of carbonyl (C=O) groups excluding carboxylic acids is 2. The largest absolute Gasteiger partial charge is 0.476 e. The summed E-state index contributed by atoms with van der Waals surface area (Å²) in [7, 11) is 0. The van der Waals surface area contributed by atoms with Gasteiger partial charge in [0.15, 0.2) is 5.65 Å². The van der Waals surface area contributed by atoms with Gasteiger partial charge in [0.05, 0.1) is 54.5 Å². The van der Waals surface area contributed by atoms with Crippen LogP contribution in [0.25, 0.3) is 11.0 Å². The van der Waals surface area contributed by atoms with E-state index in [1.54, 1.807) is 6.20 Å². The topological polar surface area (TPSA) is 129 Å². The first-order valence-corrected chi connectivity index (χ1v) is 14.5. The summed E-state index contributed by atoms with van der Waals surface area (Å²) in [6, 6.07) is 1.94. The minimum atomic E-state index is -4.60. The lowest BCUT2D eigenvalue weighted by atomic mass is 9.90. The highest BCUT2D eigenvalue weighted by atomic mass is 19.4. The Labute approximate surface area is 245 Å². The first-order chi connectivity index (χ1) is 20.8. The molecular formula is C28H33F3N8O4. The van der Waals surface area contributed by atoms with E-state index in [2.05, 4.69) is 30.4 Å². The molecule has 3 amide bonds. The minimum absolute atomic E-state index is 0.0476. The third-order valence-electron chi connectivity index (χ3n) is 8.14. The number of imide groups is 1. The van der Waals surface area contributed by atoms with Crippen molar-refractivity contribution < 1.29 is 32.2 Å².